The van der Waals surface area contributed by atoms with E-state index >= 15 is 0 Å². The number of ether oxygens (including phenoxy) is 2. The molecule has 0 rings (SSSR count). The molecule has 0 aromatic carbocycles. The molecular weight excluding hydrogens is 715 g/mol. The number of hydrogen-bond acceptors (Lipinski definition) is 11. The molecule has 0 aliphatic rings. The number of aliphatic hydroxyl groups is 4. The van der Waals surface area contributed by atoms with Crippen molar-refractivity contribution in [2.45, 2.75) is 167 Å². The van der Waals surface area contributed by atoms with Crippen LogP contribution < -0.4 is 0 Å². The summed E-state index contributed by atoms with van der Waals surface area (Å²) in [7, 11) is -4.68. The fourth-order valence-corrected chi connectivity index (χ4v) is 5.90. The van der Waals surface area contributed by atoms with Gasteiger partial charge in [-0.1, -0.05) is 127 Å². The molecule has 13 heteroatoms. The van der Waals surface area contributed by atoms with Gasteiger partial charge in [-0.05, 0) is 57.3 Å². The number of carbonyl (C=O) groups is 2. The van der Waals surface area contributed by atoms with E-state index in [2.05, 4.69) is 55.7 Å². The fraction of sp³-hybridized carbons (Fsp3) is 0.756. The molecule has 54 heavy (non-hydrogen) atoms. The molecule has 0 aromatic heterocycles. The van der Waals surface area contributed by atoms with Crippen LogP contribution in [0.4, 0.5) is 0 Å². The van der Waals surface area contributed by atoms with Gasteiger partial charge in [-0.25, -0.2) is 4.57 Å². The number of phosphoric ester groups is 1. The van der Waals surface area contributed by atoms with E-state index in [1.54, 1.807) is 0 Å². The van der Waals surface area contributed by atoms with Crippen LogP contribution in [0.3, 0.4) is 0 Å². The minimum Gasteiger partial charge on any atom is -0.462 e. The summed E-state index contributed by atoms with van der Waals surface area (Å²) in [6.07, 6.45) is 27.0. The van der Waals surface area contributed by atoms with Crippen LogP contribution in [-0.4, -0.2) is 88.1 Å². The van der Waals surface area contributed by atoms with E-state index in [1.807, 2.05) is 18.2 Å². The smallest absolute Gasteiger partial charge is 0.462 e. The lowest BCUT2D eigenvalue weighted by Gasteiger charge is -2.20. The van der Waals surface area contributed by atoms with Gasteiger partial charge in [0.05, 0.1) is 32.0 Å². The van der Waals surface area contributed by atoms with Crippen LogP contribution in [0.15, 0.2) is 48.6 Å². The maximum absolute atomic E-state index is 12.6. The molecule has 0 spiro atoms. The fourth-order valence-electron chi connectivity index (χ4n) is 5.11. The molecule has 6 atom stereocenters. The Morgan fingerprint density at radius 1 is 0.648 bits per heavy atom. The highest BCUT2D eigenvalue weighted by molar-refractivity contribution is 7.47. The highest BCUT2D eigenvalue weighted by Gasteiger charge is 2.27. The summed E-state index contributed by atoms with van der Waals surface area (Å²) in [5.74, 6) is -0.431. The van der Waals surface area contributed by atoms with E-state index in [-0.39, 0.29) is 32.1 Å². The number of phosphoric acid groups is 1. The summed E-state index contributed by atoms with van der Waals surface area (Å²) in [6, 6.07) is 0. The van der Waals surface area contributed by atoms with Gasteiger partial charge in [-0.15, -0.1) is 0 Å². The Kier molecular flexibility index (Phi) is 33.9. The van der Waals surface area contributed by atoms with Crippen LogP contribution >= 0.6 is 7.82 Å². The minimum absolute atomic E-state index is 0.0756. The lowest BCUT2D eigenvalue weighted by molar-refractivity contribution is -0.161. The van der Waals surface area contributed by atoms with E-state index in [0.717, 1.165) is 44.4 Å². The van der Waals surface area contributed by atoms with Crippen molar-refractivity contribution in [1.29, 1.82) is 0 Å². The van der Waals surface area contributed by atoms with Crippen molar-refractivity contribution >= 4 is 19.8 Å². The Bertz CT molecular complexity index is 1090. The number of hydrogen-bond donors (Lipinski definition) is 5. The topological polar surface area (TPSA) is 189 Å². The van der Waals surface area contributed by atoms with Crippen molar-refractivity contribution in [2.24, 2.45) is 5.92 Å². The largest absolute Gasteiger partial charge is 0.472 e. The average molecular weight is 789 g/mol. The number of unbranched alkanes of at least 4 members (excludes halogenated alkanes) is 7. The second kappa shape index (κ2) is 35.3. The van der Waals surface area contributed by atoms with Crippen LogP contribution in [0.1, 0.15) is 143 Å². The van der Waals surface area contributed by atoms with Crippen LogP contribution in [0.5, 0.6) is 0 Å². The maximum atomic E-state index is 12.6. The summed E-state index contributed by atoms with van der Waals surface area (Å²) in [4.78, 5) is 34.9. The average Bonchev–Trinajstić information content (AvgIpc) is 3.15. The van der Waals surface area contributed by atoms with Crippen molar-refractivity contribution in [2.75, 3.05) is 26.4 Å². The summed E-state index contributed by atoms with van der Waals surface area (Å²) >= 11 is 0. The molecule has 0 fully saturated rings. The SMILES string of the molecule is CC/C=C\C/C=C\C/C=C\C/C=C\C[C@H](O)[C@@H](O)CCCC(=O)OC[C@H](COP(=O)(O)OC[C@@H](O)CO)OC(=O)CCCCCCCCCCC(C)CC. The molecule has 0 amide bonds. The molecule has 314 valence electrons. The normalized spacial score (nSPS) is 16.2. The van der Waals surface area contributed by atoms with Crippen LogP contribution in [0.2, 0.25) is 0 Å². The Hall–Kier alpha value is -2.15. The predicted octanol–water partition coefficient (Wildman–Crippen LogP) is 7.96. The van der Waals surface area contributed by atoms with E-state index in [4.69, 9.17) is 19.1 Å². The first-order valence-corrected chi connectivity index (χ1v) is 21.6. The number of carbonyl (C=O) groups excluding carboxylic acids is 2. The first kappa shape index (κ1) is 51.9. The van der Waals surface area contributed by atoms with E-state index in [0.29, 0.717) is 12.8 Å². The molecule has 0 radical (unpaired) electrons. The summed E-state index contributed by atoms with van der Waals surface area (Å²) in [6.45, 7) is 4.20. The number of allylic oxidation sites excluding steroid dienone is 7. The van der Waals surface area contributed by atoms with E-state index < -0.39 is 70.6 Å². The minimum atomic E-state index is -4.68. The van der Waals surface area contributed by atoms with Crippen molar-refractivity contribution in [3.05, 3.63) is 48.6 Å². The van der Waals surface area contributed by atoms with Gasteiger partial charge in [-0.3, -0.25) is 18.6 Å². The Balaban J connectivity index is 4.60. The van der Waals surface area contributed by atoms with E-state index in [1.165, 1.54) is 38.5 Å². The van der Waals surface area contributed by atoms with Gasteiger partial charge in [0.1, 0.15) is 12.7 Å². The summed E-state index contributed by atoms with van der Waals surface area (Å²) in [5, 5.41) is 38.9. The van der Waals surface area contributed by atoms with Gasteiger partial charge in [0.15, 0.2) is 6.10 Å². The lowest BCUT2D eigenvalue weighted by Crippen LogP contribution is -2.30. The Morgan fingerprint density at radius 2 is 1.19 bits per heavy atom. The number of aliphatic hydroxyl groups excluding tert-OH is 4. The van der Waals surface area contributed by atoms with Gasteiger partial charge in [0.25, 0.3) is 0 Å². The molecule has 0 aliphatic carbocycles. The highest BCUT2D eigenvalue weighted by atomic mass is 31.2. The van der Waals surface area contributed by atoms with Gasteiger partial charge in [-0.2, -0.15) is 0 Å². The van der Waals surface area contributed by atoms with Gasteiger partial charge in [0.2, 0.25) is 0 Å². The molecule has 2 unspecified atom stereocenters. The van der Waals surface area contributed by atoms with Crippen LogP contribution in [0.25, 0.3) is 0 Å². The summed E-state index contributed by atoms with van der Waals surface area (Å²) < 4.78 is 32.4. The highest BCUT2D eigenvalue weighted by Crippen LogP contribution is 2.43. The zero-order valence-corrected chi connectivity index (χ0v) is 34.2. The van der Waals surface area contributed by atoms with Crippen LogP contribution in [0, 0.1) is 5.92 Å². The third kappa shape index (κ3) is 33.2. The number of esters is 2. The molecule has 0 aromatic rings. The van der Waals surface area contributed by atoms with Gasteiger partial charge >= 0.3 is 19.8 Å². The van der Waals surface area contributed by atoms with E-state index in [9.17, 15) is 34.4 Å². The monoisotopic (exact) mass is 788 g/mol. The third-order valence-electron chi connectivity index (χ3n) is 8.74. The third-order valence-corrected chi connectivity index (χ3v) is 9.69. The Morgan fingerprint density at radius 3 is 1.78 bits per heavy atom. The van der Waals surface area contributed by atoms with Gasteiger partial charge < -0.3 is 34.8 Å². The van der Waals surface area contributed by atoms with Crippen molar-refractivity contribution < 1.29 is 58.0 Å². The van der Waals surface area contributed by atoms with Crippen molar-refractivity contribution in [1.82, 2.24) is 0 Å². The quantitative estimate of drug-likeness (QED) is 0.0179. The second-order valence-electron chi connectivity index (χ2n) is 13.8. The second-order valence-corrected chi connectivity index (χ2v) is 15.3. The molecule has 0 heterocycles. The number of rotatable bonds is 36. The molecule has 0 saturated carbocycles. The van der Waals surface area contributed by atoms with Crippen molar-refractivity contribution in [3.8, 4) is 0 Å². The van der Waals surface area contributed by atoms with Crippen molar-refractivity contribution in [3.63, 3.8) is 0 Å². The molecule has 0 aliphatic heterocycles. The molecule has 5 N–H and O–H groups in total. The molecule has 12 nitrogen and oxygen atoms in total. The zero-order chi connectivity index (χ0) is 40.3. The predicted molar refractivity (Wildman–Crippen MR) is 212 cm³/mol. The molecule has 0 bridgehead atoms. The standard InChI is InChI=1S/C41H73O12P/c1-4-6-7-8-9-10-11-12-13-17-20-23-27-38(44)39(45)28-25-30-40(46)50-33-37(34-52-54(48,49)51-32-36(43)31-42)53-41(47)29-24-21-18-15-14-16-19-22-26-35(3)5-2/h6-7,9-10,12-13,20,23,35-39,42-45H,4-5,8,11,14-19,21-22,24-34H2,1-3H3,(H,48,49)/b7-6-,10-9-,13-12-,23-20-/t35?,36-,37+,38-,39-/m0/s1. The maximum Gasteiger partial charge on any atom is 0.472 e. The summed E-state index contributed by atoms with van der Waals surface area (Å²) in [5.41, 5.74) is 0. The first-order valence-electron chi connectivity index (χ1n) is 20.2. The molecular formula is C41H73O12P. The Labute approximate surface area is 325 Å². The first-order chi connectivity index (χ1) is 25.9. The van der Waals surface area contributed by atoms with Crippen LogP contribution in [-0.2, 0) is 32.7 Å². The van der Waals surface area contributed by atoms with Gasteiger partial charge in [0, 0.05) is 12.8 Å². The molecule has 0 saturated heterocycles. The zero-order valence-electron chi connectivity index (χ0n) is 33.3. The lowest BCUT2D eigenvalue weighted by atomic mass is 9.99.